The molecule has 0 aliphatic heterocycles. The van der Waals surface area contributed by atoms with E-state index in [0.717, 1.165) is 5.82 Å². The first-order chi connectivity index (χ1) is 11.3. The van der Waals surface area contributed by atoms with Crippen LogP contribution in [0.15, 0.2) is 42.0 Å². The van der Waals surface area contributed by atoms with Crippen LogP contribution in [0.2, 0.25) is 0 Å². The standard InChI is InChI=1S/C18H20N4S/c1-22-17(20-12-21-22)11-19-18(16-6-3-9-23-16)15-8-7-13-4-2-5-14(13)10-15/h3,6-10,12,18-19H,2,4-5,11H2,1H3/t18-/m1/s1. The van der Waals surface area contributed by atoms with Crippen LogP contribution in [-0.4, -0.2) is 14.8 Å². The summed E-state index contributed by atoms with van der Waals surface area (Å²) < 4.78 is 1.82. The number of nitrogens with one attached hydrogen (secondary N) is 1. The normalized spacial score (nSPS) is 14.8. The zero-order valence-corrected chi connectivity index (χ0v) is 14.0. The summed E-state index contributed by atoms with van der Waals surface area (Å²) >= 11 is 1.80. The van der Waals surface area contributed by atoms with Crippen LogP contribution in [0.5, 0.6) is 0 Å². The number of benzene rings is 1. The Morgan fingerprint density at radius 2 is 2.17 bits per heavy atom. The van der Waals surface area contributed by atoms with Crippen LogP contribution in [0.1, 0.15) is 39.9 Å². The van der Waals surface area contributed by atoms with Gasteiger partial charge < -0.3 is 0 Å². The summed E-state index contributed by atoms with van der Waals surface area (Å²) in [5.74, 6) is 0.952. The molecule has 4 nitrogen and oxygen atoms in total. The third kappa shape index (κ3) is 2.94. The minimum absolute atomic E-state index is 0.206. The number of hydrogen-bond acceptors (Lipinski definition) is 4. The molecule has 0 fully saturated rings. The number of aryl methyl sites for hydroxylation is 3. The topological polar surface area (TPSA) is 42.7 Å². The number of rotatable bonds is 5. The van der Waals surface area contributed by atoms with Crippen molar-refractivity contribution in [2.75, 3.05) is 0 Å². The lowest BCUT2D eigenvalue weighted by Crippen LogP contribution is -2.23. The minimum Gasteiger partial charge on any atom is -0.298 e. The summed E-state index contributed by atoms with van der Waals surface area (Å²) in [7, 11) is 1.93. The summed E-state index contributed by atoms with van der Waals surface area (Å²) in [5.41, 5.74) is 4.38. The number of aromatic nitrogens is 3. The van der Waals surface area contributed by atoms with E-state index in [1.165, 1.54) is 40.8 Å². The van der Waals surface area contributed by atoms with Gasteiger partial charge in [0.15, 0.2) is 0 Å². The molecule has 2 heterocycles. The summed E-state index contributed by atoms with van der Waals surface area (Å²) in [5, 5.41) is 9.94. The zero-order chi connectivity index (χ0) is 15.6. The second-order valence-corrected chi connectivity index (χ2v) is 6.99. The SMILES string of the molecule is Cn1ncnc1CN[C@H](c1ccc2c(c1)CCC2)c1cccs1. The fourth-order valence-corrected chi connectivity index (χ4v) is 4.11. The second-order valence-electron chi connectivity index (χ2n) is 6.01. The Morgan fingerprint density at radius 3 is 2.96 bits per heavy atom. The van der Waals surface area contributed by atoms with Crippen molar-refractivity contribution in [2.45, 2.75) is 31.8 Å². The molecule has 0 unspecified atom stereocenters. The smallest absolute Gasteiger partial charge is 0.140 e. The van der Waals surface area contributed by atoms with Gasteiger partial charge in [-0.3, -0.25) is 10.00 Å². The quantitative estimate of drug-likeness (QED) is 0.783. The molecule has 5 heteroatoms. The highest BCUT2D eigenvalue weighted by Gasteiger charge is 2.19. The van der Waals surface area contributed by atoms with E-state index in [1.807, 2.05) is 11.7 Å². The number of thiophene rings is 1. The molecular weight excluding hydrogens is 304 g/mol. The van der Waals surface area contributed by atoms with Crippen molar-refractivity contribution in [1.29, 1.82) is 0 Å². The molecule has 0 spiro atoms. The molecule has 1 N–H and O–H groups in total. The molecule has 0 amide bonds. The Labute approximate surface area is 140 Å². The number of nitrogens with zero attached hydrogens (tertiary/aromatic N) is 3. The van der Waals surface area contributed by atoms with Crippen LogP contribution < -0.4 is 5.32 Å². The molecule has 2 aromatic heterocycles. The first-order valence-electron chi connectivity index (χ1n) is 8.02. The first kappa shape index (κ1) is 14.6. The highest BCUT2D eigenvalue weighted by Crippen LogP contribution is 2.30. The first-order valence-corrected chi connectivity index (χ1v) is 8.90. The van der Waals surface area contributed by atoms with Crippen molar-refractivity contribution in [3.05, 3.63) is 69.4 Å². The molecule has 0 bridgehead atoms. The third-order valence-corrected chi connectivity index (χ3v) is 5.49. The fourth-order valence-electron chi connectivity index (χ4n) is 3.28. The van der Waals surface area contributed by atoms with Crippen LogP contribution in [0.4, 0.5) is 0 Å². The molecule has 0 saturated carbocycles. The van der Waals surface area contributed by atoms with Crippen molar-refractivity contribution in [3.63, 3.8) is 0 Å². The van der Waals surface area contributed by atoms with Gasteiger partial charge in [0, 0.05) is 11.9 Å². The average molecular weight is 324 g/mol. The van der Waals surface area contributed by atoms with Gasteiger partial charge in [0.25, 0.3) is 0 Å². The molecule has 0 saturated heterocycles. The minimum atomic E-state index is 0.206. The van der Waals surface area contributed by atoms with E-state index >= 15 is 0 Å². The van der Waals surface area contributed by atoms with E-state index in [9.17, 15) is 0 Å². The Kier molecular flexibility index (Phi) is 3.97. The average Bonchev–Trinajstić information content (AvgIpc) is 3.29. The van der Waals surface area contributed by atoms with Gasteiger partial charge in [-0.15, -0.1) is 11.3 Å². The lowest BCUT2D eigenvalue weighted by atomic mass is 10.00. The van der Waals surface area contributed by atoms with E-state index in [4.69, 9.17) is 0 Å². The fraction of sp³-hybridized carbons (Fsp3) is 0.333. The second kappa shape index (κ2) is 6.26. The maximum Gasteiger partial charge on any atom is 0.140 e. The summed E-state index contributed by atoms with van der Waals surface area (Å²) in [6.07, 6.45) is 5.33. The Morgan fingerprint density at radius 1 is 1.26 bits per heavy atom. The molecule has 3 aromatic rings. The van der Waals surface area contributed by atoms with Crippen LogP contribution in [0.25, 0.3) is 0 Å². The van der Waals surface area contributed by atoms with Crippen LogP contribution >= 0.6 is 11.3 Å². The van der Waals surface area contributed by atoms with Gasteiger partial charge in [-0.25, -0.2) is 4.98 Å². The van der Waals surface area contributed by atoms with Crippen molar-refractivity contribution in [2.24, 2.45) is 7.05 Å². The molecule has 1 aliphatic carbocycles. The zero-order valence-electron chi connectivity index (χ0n) is 13.2. The van der Waals surface area contributed by atoms with Crippen LogP contribution in [0, 0.1) is 0 Å². The molecule has 1 aromatic carbocycles. The predicted octanol–water partition coefficient (Wildman–Crippen LogP) is 3.24. The van der Waals surface area contributed by atoms with E-state index in [1.54, 1.807) is 17.7 Å². The maximum atomic E-state index is 4.31. The van der Waals surface area contributed by atoms with E-state index in [2.05, 4.69) is 51.1 Å². The monoisotopic (exact) mass is 324 g/mol. The van der Waals surface area contributed by atoms with Gasteiger partial charge in [-0.2, -0.15) is 5.10 Å². The third-order valence-electron chi connectivity index (χ3n) is 4.55. The highest BCUT2D eigenvalue weighted by atomic mass is 32.1. The van der Waals surface area contributed by atoms with Gasteiger partial charge in [0.2, 0.25) is 0 Å². The Bertz CT molecular complexity index is 791. The van der Waals surface area contributed by atoms with Crippen molar-refractivity contribution in [1.82, 2.24) is 20.1 Å². The van der Waals surface area contributed by atoms with Gasteiger partial charge in [0.1, 0.15) is 12.2 Å². The summed E-state index contributed by atoms with van der Waals surface area (Å²) in [4.78, 5) is 5.65. The summed E-state index contributed by atoms with van der Waals surface area (Å²) in [6, 6.07) is 11.5. The van der Waals surface area contributed by atoms with Gasteiger partial charge in [-0.1, -0.05) is 24.3 Å². The molecule has 1 atom stereocenters. The molecule has 4 rings (SSSR count). The van der Waals surface area contributed by atoms with Crippen LogP contribution in [0.3, 0.4) is 0 Å². The number of hydrogen-bond donors (Lipinski definition) is 1. The lowest BCUT2D eigenvalue weighted by Gasteiger charge is -2.19. The lowest BCUT2D eigenvalue weighted by molar-refractivity contribution is 0.567. The Balaban J connectivity index is 1.62. The van der Waals surface area contributed by atoms with Gasteiger partial charge in [-0.05, 0) is 47.4 Å². The van der Waals surface area contributed by atoms with E-state index in [0.29, 0.717) is 6.54 Å². The van der Waals surface area contributed by atoms with Crippen molar-refractivity contribution >= 4 is 11.3 Å². The number of fused-ring (bicyclic) bond motifs is 1. The molecule has 0 radical (unpaired) electrons. The van der Waals surface area contributed by atoms with Gasteiger partial charge in [0.05, 0.1) is 12.6 Å². The summed E-state index contributed by atoms with van der Waals surface area (Å²) in [6.45, 7) is 0.705. The molecule has 118 valence electrons. The Hall–Kier alpha value is -1.98. The molecule has 1 aliphatic rings. The largest absolute Gasteiger partial charge is 0.298 e. The van der Waals surface area contributed by atoms with E-state index in [-0.39, 0.29) is 6.04 Å². The molecule has 23 heavy (non-hydrogen) atoms. The highest BCUT2D eigenvalue weighted by molar-refractivity contribution is 7.10. The van der Waals surface area contributed by atoms with Crippen molar-refractivity contribution in [3.8, 4) is 0 Å². The van der Waals surface area contributed by atoms with Crippen LogP contribution in [-0.2, 0) is 26.4 Å². The van der Waals surface area contributed by atoms with Gasteiger partial charge >= 0.3 is 0 Å². The van der Waals surface area contributed by atoms with E-state index < -0.39 is 0 Å². The van der Waals surface area contributed by atoms with Crippen molar-refractivity contribution < 1.29 is 0 Å². The maximum absolute atomic E-state index is 4.31. The predicted molar refractivity (Wildman–Crippen MR) is 92.5 cm³/mol. The molecular formula is C18H20N4S.